The number of nitrogens with zero attached hydrogens (tertiary/aromatic N) is 2. The number of halogens is 1. The van der Waals surface area contributed by atoms with Crippen LogP contribution in [-0.2, 0) is 6.61 Å². The number of urea groups is 1. The lowest BCUT2D eigenvalue weighted by molar-refractivity contribution is 0.205. The molecule has 6 nitrogen and oxygen atoms in total. The largest absolute Gasteiger partial charge is 0.473 e. The third kappa shape index (κ3) is 4.45. The quantitative estimate of drug-likeness (QED) is 0.873. The van der Waals surface area contributed by atoms with Gasteiger partial charge >= 0.3 is 6.03 Å². The summed E-state index contributed by atoms with van der Waals surface area (Å²) in [7, 11) is 0. The van der Waals surface area contributed by atoms with Crippen molar-refractivity contribution in [2.75, 3.05) is 18.4 Å². The van der Waals surface area contributed by atoms with Crippen molar-refractivity contribution in [1.29, 1.82) is 0 Å². The van der Waals surface area contributed by atoms with Crippen LogP contribution in [0.4, 0.5) is 14.9 Å². The molecule has 1 aliphatic heterocycles. The zero-order valence-electron chi connectivity index (χ0n) is 13.8. The molecule has 3 rings (SSSR count). The highest BCUT2D eigenvalue weighted by Crippen LogP contribution is 2.22. The molecule has 1 aliphatic rings. The molecule has 0 radical (unpaired) electrons. The Bertz CT molecular complexity index is 713. The van der Waals surface area contributed by atoms with E-state index in [1.807, 2.05) is 30.3 Å². The minimum Gasteiger partial charge on any atom is -0.473 e. The van der Waals surface area contributed by atoms with Gasteiger partial charge in [-0.25, -0.2) is 14.2 Å². The number of ether oxygens (including phenoxy) is 1. The topological polar surface area (TPSA) is 80.5 Å². The highest BCUT2D eigenvalue weighted by molar-refractivity contribution is 5.89. The minimum absolute atomic E-state index is 0.0656. The van der Waals surface area contributed by atoms with Crippen LogP contribution in [0.25, 0.3) is 0 Å². The lowest BCUT2D eigenvalue weighted by Gasteiger charge is -2.23. The predicted octanol–water partition coefficient (Wildman–Crippen LogP) is 2.56. The van der Waals surface area contributed by atoms with Crippen molar-refractivity contribution in [2.45, 2.75) is 25.2 Å². The molecule has 1 aromatic carbocycles. The van der Waals surface area contributed by atoms with Gasteiger partial charge < -0.3 is 20.7 Å². The molecule has 1 aromatic heterocycles. The number of amides is 2. The van der Waals surface area contributed by atoms with Crippen molar-refractivity contribution in [3.8, 4) is 5.88 Å². The number of likely N-dealkylation sites (tertiary alicyclic amines) is 1. The van der Waals surface area contributed by atoms with Gasteiger partial charge in [-0.2, -0.15) is 0 Å². The Hall–Kier alpha value is -2.67. The second-order valence-corrected chi connectivity index (χ2v) is 5.96. The Morgan fingerprint density at radius 2 is 2.16 bits per heavy atom. The van der Waals surface area contributed by atoms with Gasteiger partial charge in [0.2, 0.25) is 5.88 Å². The van der Waals surface area contributed by atoms with E-state index in [1.165, 1.54) is 4.90 Å². The number of carbonyl (C=O) groups excluding carboxylic acids is 1. The molecule has 0 saturated carbocycles. The molecule has 2 heterocycles. The second kappa shape index (κ2) is 7.94. The zero-order chi connectivity index (χ0) is 17.6. The molecule has 3 N–H and O–H groups in total. The second-order valence-electron chi connectivity index (χ2n) is 5.96. The Kier molecular flexibility index (Phi) is 5.45. The van der Waals surface area contributed by atoms with Gasteiger partial charge in [-0.15, -0.1) is 0 Å². The Morgan fingerprint density at radius 1 is 1.36 bits per heavy atom. The van der Waals surface area contributed by atoms with Gasteiger partial charge in [-0.05, 0) is 11.6 Å². The van der Waals surface area contributed by atoms with E-state index in [0.717, 1.165) is 5.56 Å². The van der Waals surface area contributed by atoms with Crippen LogP contribution in [0, 0.1) is 0 Å². The van der Waals surface area contributed by atoms with Crippen LogP contribution in [-0.4, -0.2) is 41.2 Å². The van der Waals surface area contributed by atoms with Crippen LogP contribution in [0.1, 0.15) is 12.0 Å². The minimum atomic E-state index is -1.03. The highest BCUT2D eigenvalue weighted by atomic mass is 19.1. The molecule has 0 unspecified atom stereocenters. The van der Waals surface area contributed by atoms with Crippen molar-refractivity contribution in [1.82, 2.24) is 9.88 Å². The fourth-order valence-electron chi connectivity index (χ4n) is 2.82. The fraction of sp³-hybridized carbons (Fsp3) is 0.333. The van der Waals surface area contributed by atoms with E-state index in [1.54, 1.807) is 18.3 Å². The van der Waals surface area contributed by atoms with Crippen LogP contribution >= 0.6 is 0 Å². The van der Waals surface area contributed by atoms with Gasteiger partial charge in [0.1, 0.15) is 12.8 Å². The number of aromatic nitrogens is 1. The first-order chi connectivity index (χ1) is 12.2. The lowest BCUT2D eigenvalue weighted by Crippen LogP contribution is -2.42. The SMILES string of the molecule is NC[C@@H]1C[C@H](F)CN1C(=O)Nc1ccnc(OCc2ccccc2)c1. The summed E-state index contributed by atoms with van der Waals surface area (Å²) in [6, 6.07) is 12.4. The van der Waals surface area contributed by atoms with Crippen LogP contribution in [0.3, 0.4) is 0 Å². The standard InChI is InChI=1S/C18H21FN4O2/c19-14-8-16(10-20)23(11-14)18(24)22-15-6-7-21-17(9-15)25-12-13-4-2-1-3-5-13/h1-7,9,14,16H,8,10-12,20H2,(H,21,22,24)/t14-,16-/m0/s1. The molecular weight excluding hydrogens is 323 g/mol. The molecular formula is C18H21FN4O2. The van der Waals surface area contributed by atoms with E-state index >= 15 is 0 Å². The average molecular weight is 344 g/mol. The van der Waals surface area contributed by atoms with Gasteiger partial charge in [0.05, 0.1) is 6.54 Å². The summed E-state index contributed by atoms with van der Waals surface area (Å²) >= 11 is 0. The summed E-state index contributed by atoms with van der Waals surface area (Å²) < 4.78 is 19.2. The van der Waals surface area contributed by atoms with E-state index < -0.39 is 6.17 Å². The van der Waals surface area contributed by atoms with Crippen LogP contribution in [0.5, 0.6) is 5.88 Å². The first-order valence-corrected chi connectivity index (χ1v) is 8.20. The molecule has 7 heteroatoms. The van der Waals surface area contributed by atoms with E-state index in [4.69, 9.17) is 10.5 Å². The number of nitrogens with two attached hydrogens (primary N) is 1. The first kappa shape index (κ1) is 17.2. The Balaban J connectivity index is 1.60. The van der Waals surface area contributed by atoms with Gasteiger partial charge in [-0.1, -0.05) is 30.3 Å². The molecule has 0 bridgehead atoms. The predicted molar refractivity (Wildman–Crippen MR) is 93.1 cm³/mol. The molecule has 2 amide bonds. The third-order valence-corrected chi connectivity index (χ3v) is 4.11. The number of nitrogens with one attached hydrogen (secondary N) is 1. The zero-order valence-corrected chi connectivity index (χ0v) is 13.8. The fourth-order valence-corrected chi connectivity index (χ4v) is 2.82. The molecule has 25 heavy (non-hydrogen) atoms. The lowest BCUT2D eigenvalue weighted by atomic mass is 10.2. The van der Waals surface area contributed by atoms with Crippen molar-refractivity contribution in [3.05, 3.63) is 54.2 Å². The summed E-state index contributed by atoms with van der Waals surface area (Å²) in [4.78, 5) is 17.9. The van der Waals surface area contributed by atoms with Crippen molar-refractivity contribution >= 4 is 11.7 Å². The normalized spacial score (nSPS) is 19.7. The first-order valence-electron chi connectivity index (χ1n) is 8.20. The van der Waals surface area contributed by atoms with E-state index in [0.29, 0.717) is 18.2 Å². The molecule has 1 saturated heterocycles. The number of anilines is 1. The number of alkyl halides is 1. The molecule has 0 aliphatic carbocycles. The third-order valence-electron chi connectivity index (χ3n) is 4.11. The van der Waals surface area contributed by atoms with Gasteiger partial charge in [0, 0.05) is 37.0 Å². The number of hydrogen-bond donors (Lipinski definition) is 2. The van der Waals surface area contributed by atoms with Crippen LogP contribution in [0.15, 0.2) is 48.7 Å². The van der Waals surface area contributed by atoms with Gasteiger partial charge in [0.15, 0.2) is 0 Å². The smallest absolute Gasteiger partial charge is 0.322 e. The molecule has 0 spiro atoms. The molecule has 2 aromatic rings. The van der Waals surface area contributed by atoms with Crippen LogP contribution in [0.2, 0.25) is 0 Å². The molecule has 1 fully saturated rings. The number of carbonyl (C=O) groups is 1. The Labute approximate surface area is 145 Å². The highest BCUT2D eigenvalue weighted by Gasteiger charge is 2.34. The summed E-state index contributed by atoms with van der Waals surface area (Å²) in [6.45, 7) is 0.696. The Morgan fingerprint density at radius 3 is 2.92 bits per heavy atom. The van der Waals surface area contributed by atoms with Crippen molar-refractivity contribution in [2.24, 2.45) is 5.73 Å². The molecule has 2 atom stereocenters. The van der Waals surface area contributed by atoms with E-state index in [9.17, 15) is 9.18 Å². The van der Waals surface area contributed by atoms with Crippen molar-refractivity contribution < 1.29 is 13.9 Å². The maximum atomic E-state index is 13.5. The van der Waals surface area contributed by atoms with Gasteiger partial charge in [0.25, 0.3) is 0 Å². The van der Waals surface area contributed by atoms with E-state index in [2.05, 4.69) is 10.3 Å². The summed E-state index contributed by atoms with van der Waals surface area (Å²) in [5.41, 5.74) is 7.18. The molecule has 132 valence electrons. The average Bonchev–Trinajstić information content (AvgIpc) is 3.02. The van der Waals surface area contributed by atoms with Crippen LogP contribution < -0.4 is 15.8 Å². The number of pyridine rings is 1. The number of benzene rings is 1. The summed E-state index contributed by atoms with van der Waals surface area (Å²) in [5, 5.41) is 2.75. The monoisotopic (exact) mass is 344 g/mol. The number of rotatable bonds is 5. The van der Waals surface area contributed by atoms with Gasteiger partial charge in [-0.3, -0.25) is 0 Å². The van der Waals surface area contributed by atoms with E-state index in [-0.39, 0.29) is 31.6 Å². The summed E-state index contributed by atoms with van der Waals surface area (Å²) in [5.74, 6) is 0.404. The maximum Gasteiger partial charge on any atom is 0.322 e. The van der Waals surface area contributed by atoms with Crippen molar-refractivity contribution in [3.63, 3.8) is 0 Å². The number of hydrogen-bond acceptors (Lipinski definition) is 4. The summed E-state index contributed by atoms with van der Waals surface area (Å²) in [6.07, 6.45) is 0.811. The maximum absolute atomic E-state index is 13.5.